The van der Waals surface area contributed by atoms with Crippen molar-refractivity contribution in [3.8, 4) is 17.5 Å². The zero-order valence-electron chi connectivity index (χ0n) is 5.13. The molecule has 4 heteroatoms. The molecule has 0 aliphatic carbocycles. The fourth-order valence-corrected chi connectivity index (χ4v) is 0.672. The van der Waals surface area contributed by atoms with Crippen molar-refractivity contribution < 1.29 is 15.3 Å². The lowest BCUT2D eigenvalue weighted by molar-refractivity contribution is 0.392. The molecule has 0 saturated heterocycles. The lowest BCUT2D eigenvalue weighted by atomic mass is 10.3. The van der Waals surface area contributed by atoms with Crippen LogP contribution in [0.25, 0.3) is 6.08 Å². The maximum atomic E-state index is 8.91. The number of nitrogens with one attached hydrogen (secondary N) is 1. The van der Waals surface area contributed by atoms with Gasteiger partial charge in [0.05, 0.1) is 5.56 Å². The molecule has 1 aromatic rings. The molecule has 4 N–H and O–H groups in total. The highest BCUT2D eigenvalue weighted by Gasteiger charge is 2.11. The Morgan fingerprint density at radius 1 is 1.20 bits per heavy atom. The first-order valence-electron chi connectivity index (χ1n) is 2.62. The summed E-state index contributed by atoms with van der Waals surface area (Å²) in [5.41, 5.74) is 0.109. The number of aromatic amines is 1. The molecule has 0 fully saturated rings. The highest BCUT2D eigenvalue weighted by molar-refractivity contribution is 5.64. The number of rotatable bonds is 1. The molecule has 0 aromatic carbocycles. The molecule has 0 bridgehead atoms. The molecule has 10 heavy (non-hydrogen) atoms. The van der Waals surface area contributed by atoms with Crippen LogP contribution in [0, 0.1) is 0 Å². The number of hydrogen-bond acceptors (Lipinski definition) is 3. The van der Waals surface area contributed by atoms with Crippen molar-refractivity contribution in [2.75, 3.05) is 0 Å². The molecule has 1 heterocycles. The summed E-state index contributed by atoms with van der Waals surface area (Å²) in [7, 11) is 0. The zero-order valence-corrected chi connectivity index (χ0v) is 5.13. The second kappa shape index (κ2) is 1.98. The van der Waals surface area contributed by atoms with Gasteiger partial charge < -0.3 is 15.3 Å². The summed E-state index contributed by atoms with van der Waals surface area (Å²) in [5, 5.41) is 26.5. The molecular weight excluding hydrogens is 134 g/mol. The Hall–Kier alpha value is -1.58. The maximum Gasteiger partial charge on any atom is 0.235 e. The Morgan fingerprint density at radius 2 is 1.80 bits per heavy atom. The van der Waals surface area contributed by atoms with Gasteiger partial charge >= 0.3 is 0 Å². The molecule has 0 spiro atoms. The van der Waals surface area contributed by atoms with Gasteiger partial charge in [0, 0.05) is 0 Å². The normalized spacial score (nSPS) is 9.60. The van der Waals surface area contributed by atoms with Crippen molar-refractivity contribution >= 4 is 6.08 Å². The average molecular weight is 141 g/mol. The highest BCUT2D eigenvalue weighted by atomic mass is 16.3. The zero-order chi connectivity index (χ0) is 7.72. The van der Waals surface area contributed by atoms with Gasteiger partial charge in [-0.2, -0.15) is 0 Å². The summed E-state index contributed by atoms with van der Waals surface area (Å²) in [4.78, 5) is 2.12. The summed E-state index contributed by atoms with van der Waals surface area (Å²) in [6.45, 7) is 3.31. The summed E-state index contributed by atoms with van der Waals surface area (Å²) >= 11 is 0. The molecule has 1 rings (SSSR count). The average Bonchev–Trinajstić information content (AvgIpc) is 2.09. The van der Waals surface area contributed by atoms with Gasteiger partial charge in [0.25, 0.3) is 0 Å². The van der Waals surface area contributed by atoms with Crippen LogP contribution in [0.2, 0.25) is 0 Å². The number of H-pyrrole nitrogens is 1. The van der Waals surface area contributed by atoms with Gasteiger partial charge in [0.2, 0.25) is 11.8 Å². The first-order chi connectivity index (χ1) is 4.66. The van der Waals surface area contributed by atoms with Crippen LogP contribution in [0.5, 0.6) is 17.5 Å². The van der Waals surface area contributed by atoms with Crippen molar-refractivity contribution in [3.63, 3.8) is 0 Å². The van der Waals surface area contributed by atoms with Crippen molar-refractivity contribution in [2.24, 2.45) is 0 Å². The SMILES string of the molecule is C=Cc1c(O)[nH]c(O)c1O. The van der Waals surface area contributed by atoms with Crippen LogP contribution < -0.4 is 0 Å². The molecule has 54 valence electrons. The van der Waals surface area contributed by atoms with Gasteiger partial charge in [0.15, 0.2) is 5.75 Å². The first kappa shape index (κ1) is 6.54. The molecule has 0 amide bonds. The Balaban J connectivity index is 3.33. The highest BCUT2D eigenvalue weighted by Crippen LogP contribution is 2.35. The Morgan fingerprint density at radius 3 is 2.00 bits per heavy atom. The monoisotopic (exact) mass is 141 g/mol. The quantitative estimate of drug-likeness (QED) is 0.466. The van der Waals surface area contributed by atoms with E-state index in [4.69, 9.17) is 15.3 Å². The van der Waals surface area contributed by atoms with Crippen LogP contribution in [0.4, 0.5) is 0 Å². The number of aromatic hydroxyl groups is 3. The smallest absolute Gasteiger partial charge is 0.235 e. The van der Waals surface area contributed by atoms with E-state index >= 15 is 0 Å². The van der Waals surface area contributed by atoms with E-state index in [1.54, 1.807) is 0 Å². The third kappa shape index (κ3) is 0.699. The van der Waals surface area contributed by atoms with Crippen LogP contribution in [-0.2, 0) is 0 Å². The van der Waals surface area contributed by atoms with Crippen LogP contribution >= 0.6 is 0 Å². The molecule has 0 aliphatic heterocycles. The van der Waals surface area contributed by atoms with Gasteiger partial charge in [-0.05, 0) is 0 Å². The number of hydrogen-bond donors (Lipinski definition) is 4. The summed E-state index contributed by atoms with van der Waals surface area (Å²) < 4.78 is 0. The van der Waals surface area contributed by atoms with Crippen molar-refractivity contribution in [3.05, 3.63) is 12.1 Å². The Bertz CT molecular complexity index is 264. The molecule has 0 radical (unpaired) electrons. The van der Waals surface area contributed by atoms with Crippen LogP contribution in [-0.4, -0.2) is 20.3 Å². The van der Waals surface area contributed by atoms with E-state index in [0.29, 0.717) is 0 Å². The van der Waals surface area contributed by atoms with Crippen molar-refractivity contribution in [2.45, 2.75) is 0 Å². The molecule has 4 nitrogen and oxygen atoms in total. The van der Waals surface area contributed by atoms with E-state index < -0.39 is 5.88 Å². The summed E-state index contributed by atoms with van der Waals surface area (Å²) in [6, 6.07) is 0. The van der Waals surface area contributed by atoms with E-state index in [9.17, 15) is 0 Å². The van der Waals surface area contributed by atoms with Gasteiger partial charge in [-0.25, -0.2) is 0 Å². The van der Waals surface area contributed by atoms with Gasteiger partial charge in [-0.1, -0.05) is 12.7 Å². The van der Waals surface area contributed by atoms with Gasteiger partial charge in [-0.3, -0.25) is 4.98 Å². The molecule has 0 saturated carbocycles. The number of aromatic nitrogens is 1. The van der Waals surface area contributed by atoms with E-state index in [0.717, 1.165) is 0 Å². The lowest BCUT2D eigenvalue weighted by Crippen LogP contribution is -1.64. The second-order valence-corrected chi connectivity index (χ2v) is 1.79. The van der Waals surface area contributed by atoms with Crippen LogP contribution in [0.3, 0.4) is 0 Å². The minimum absolute atomic E-state index is 0.109. The lowest BCUT2D eigenvalue weighted by Gasteiger charge is -1.87. The summed E-state index contributed by atoms with van der Waals surface area (Å²) in [5.74, 6) is -1.12. The van der Waals surface area contributed by atoms with E-state index in [1.165, 1.54) is 6.08 Å². The summed E-state index contributed by atoms with van der Waals surface area (Å²) in [6.07, 6.45) is 1.24. The van der Waals surface area contributed by atoms with Crippen LogP contribution in [0.15, 0.2) is 6.58 Å². The predicted octanol–water partition coefficient (Wildman–Crippen LogP) is 0.774. The Labute approximate surface area is 57.1 Å². The third-order valence-electron chi connectivity index (χ3n) is 1.18. The maximum absolute atomic E-state index is 8.91. The topological polar surface area (TPSA) is 76.5 Å². The van der Waals surface area contributed by atoms with E-state index in [1.807, 2.05) is 0 Å². The molecular formula is C6H7NO3. The first-order valence-corrected chi connectivity index (χ1v) is 2.62. The molecule has 0 aliphatic rings. The fourth-order valence-electron chi connectivity index (χ4n) is 0.672. The standard InChI is InChI=1S/C6H7NO3/c1-2-3-4(8)6(10)7-5(3)9/h2,7-10H,1H2. The second-order valence-electron chi connectivity index (χ2n) is 1.79. The fraction of sp³-hybridized carbons (Fsp3) is 0. The van der Waals surface area contributed by atoms with E-state index in [2.05, 4.69) is 11.6 Å². The van der Waals surface area contributed by atoms with Crippen LogP contribution in [0.1, 0.15) is 5.56 Å². The van der Waals surface area contributed by atoms with Crippen molar-refractivity contribution in [1.82, 2.24) is 4.98 Å². The largest absolute Gasteiger partial charge is 0.503 e. The van der Waals surface area contributed by atoms with Gasteiger partial charge in [-0.15, -0.1) is 0 Å². The molecule has 0 atom stereocenters. The predicted molar refractivity (Wildman–Crippen MR) is 35.9 cm³/mol. The minimum Gasteiger partial charge on any atom is -0.503 e. The molecule has 1 aromatic heterocycles. The molecule has 0 unspecified atom stereocenters. The van der Waals surface area contributed by atoms with Crippen molar-refractivity contribution in [1.29, 1.82) is 0 Å². The third-order valence-corrected chi connectivity index (χ3v) is 1.18. The Kier molecular flexibility index (Phi) is 1.30. The van der Waals surface area contributed by atoms with E-state index in [-0.39, 0.29) is 17.2 Å². The van der Waals surface area contributed by atoms with Gasteiger partial charge in [0.1, 0.15) is 0 Å². The minimum atomic E-state index is -0.451.